The van der Waals surface area contributed by atoms with Gasteiger partial charge in [0.1, 0.15) is 11.5 Å². The second-order valence-corrected chi connectivity index (χ2v) is 6.49. The summed E-state index contributed by atoms with van der Waals surface area (Å²) >= 11 is 0. The monoisotopic (exact) mass is 400 g/mol. The van der Waals surface area contributed by atoms with Crippen molar-refractivity contribution in [2.24, 2.45) is 5.73 Å². The Kier molecular flexibility index (Phi) is 6.64. The highest BCUT2D eigenvalue weighted by Crippen LogP contribution is 2.26. The van der Waals surface area contributed by atoms with Crippen molar-refractivity contribution in [1.82, 2.24) is 5.32 Å². The van der Waals surface area contributed by atoms with Crippen molar-refractivity contribution in [3.63, 3.8) is 0 Å². The quantitative estimate of drug-likeness (QED) is 0.554. The molecule has 0 unspecified atom stereocenters. The average molecular weight is 400 g/mol. The molecule has 0 aliphatic carbocycles. The summed E-state index contributed by atoms with van der Waals surface area (Å²) in [6.07, 6.45) is -0.0471. The van der Waals surface area contributed by atoms with Crippen LogP contribution in [0.4, 0.5) is 10.5 Å². The summed E-state index contributed by atoms with van der Waals surface area (Å²) in [6, 6.07) is 23.6. The molecule has 0 saturated carbocycles. The number of nitrogens with two attached hydrogens (primary N) is 1. The van der Waals surface area contributed by atoms with Crippen molar-refractivity contribution in [3.05, 3.63) is 90.0 Å². The van der Waals surface area contributed by atoms with E-state index in [1.807, 2.05) is 36.4 Å². The Morgan fingerprint density at radius 3 is 2.43 bits per heavy atom. The lowest BCUT2D eigenvalue weighted by Crippen LogP contribution is -2.35. The number of hydrogen-bond donors (Lipinski definition) is 3. The molecule has 0 aromatic heterocycles. The molecule has 0 aliphatic heterocycles. The van der Waals surface area contributed by atoms with Crippen LogP contribution in [0, 0.1) is 11.3 Å². The number of carbonyl (C=O) groups excluding carboxylic acids is 2. The van der Waals surface area contributed by atoms with E-state index in [9.17, 15) is 9.59 Å². The zero-order chi connectivity index (χ0) is 21.3. The van der Waals surface area contributed by atoms with Crippen molar-refractivity contribution in [1.29, 1.82) is 5.26 Å². The molecule has 4 N–H and O–H groups in total. The van der Waals surface area contributed by atoms with Crippen LogP contribution in [0.5, 0.6) is 11.5 Å². The largest absolute Gasteiger partial charge is 0.457 e. The average Bonchev–Trinajstić information content (AvgIpc) is 2.74. The van der Waals surface area contributed by atoms with Crippen LogP contribution in [0.25, 0.3) is 0 Å². The van der Waals surface area contributed by atoms with Crippen molar-refractivity contribution in [2.45, 2.75) is 12.5 Å². The molecule has 7 heteroatoms. The fourth-order valence-corrected chi connectivity index (χ4v) is 2.91. The van der Waals surface area contributed by atoms with Crippen LogP contribution < -0.4 is 21.1 Å². The number of amides is 3. The van der Waals surface area contributed by atoms with Gasteiger partial charge in [0.25, 0.3) is 0 Å². The first-order valence-corrected chi connectivity index (χ1v) is 9.22. The fraction of sp³-hybridized carbons (Fsp3) is 0.0870. The number of anilines is 1. The first-order valence-electron chi connectivity index (χ1n) is 9.22. The minimum Gasteiger partial charge on any atom is -0.457 e. The zero-order valence-electron chi connectivity index (χ0n) is 16.0. The van der Waals surface area contributed by atoms with Gasteiger partial charge in [0.15, 0.2) is 0 Å². The molecule has 0 spiro atoms. The number of benzene rings is 3. The van der Waals surface area contributed by atoms with Crippen molar-refractivity contribution in [3.8, 4) is 17.6 Å². The van der Waals surface area contributed by atoms with Gasteiger partial charge in [0.05, 0.1) is 24.1 Å². The highest BCUT2D eigenvalue weighted by molar-refractivity contribution is 5.91. The van der Waals surface area contributed by atoms with Gasteiger partial charge in [0, 0.05) is 5.69 Å². The number of nitrogens with zero attached hydrogens (tertiary/aromatic N) is 1. The van der Waals surface area contributed by atoms with Crippen LogP contribution in [0.15, 0.2) is 78.9 Å². The van der Waals surface area contributed by atoms with Gasteiger partial charge in [-0.25, -0.2) is 4.79 Å². The number of nitriles is 1. The molecule has 150 valence electrons. The standard InChI is InChI=1S/C23H20N4O3/c24-15-16-6-4-8-18(12-16)26-22(28)14-21(27-23(25)29)17-7-5-11-20(13-17)30-19-9-2-1-3-10-19/h1-13,21H,14H2,(H,26,28)(H3,25,27,29)/t21-/m0/s1. The highest BCUT2D eigenvalue weighted by Gasteiger charge is 2.18. The number of primary amides is 1. The van der Waals surface area contributed by atoms with Crippen molar-refractivity contribution < 1.29 is 14.3 Å². The summed E-state index contributed by atoms with van der Waals surface area (Å²) in [4.78, 5) is 24.0. The predicted octanol–water partition coefficient (Wildman–Crippen LogP) is 4.09. The van der Waals surface area contributed by atoms with E-state index in [0.717, 1.165) is 0 Å². The van der Waals surface area contributed by atoms with Gasteiger partial charge in [-0.15, -0.1) is 0 Å². The lowest BCUT2D eigenvalue weighted by Gasteiger charge is -2.19. The Balaban J connectivity index is 1.75. The fourth-order valence-electron chi connectivity index (χ4n) is 2.91. The molecule has 3 amide bonds. The van der Waals surface area contributed by atoms with Gasteiger partial charge < -0.3 is 21.1 Å². The molecule has 3 rings (SSSR count). The highest BCUT2D eigenvalue weighted by atomic mass is 16.5. The molecule has 0 saturated heterocycles. The van der Waals surface area contributed by atoms with E-state index in [1.165, 1.54) is 0 Å². The van der Waals surface area contributed by atoms with Crippen molar-refractivity contribution >= 4 is 17.6 Å². The second-order valence-electron chi connectivity index (χ2n) is 6.49. The minimum atomic E-state index is -0.742. The third-order valence-electron chi connectivity index (χ3n) is 4.22. The SMILES string of the molecule is N#Cc1cccc(NC(=O)C[C@H](NC(N)=O)c2cccc(Oc3ccccc3)c2)c1. The summed E-state index contributed by atoms with van der Waals surface area (Å²) in [5.74, 6) is 0.902. The molecule has 1 atom stereocenters. The summed E-state index contributed by atoms with van der Waals surface area (Å²) in [7, 11) is 0. The molecule has 0 aliphatic rings. The van der Waals surface area contributed by atoms with Crippen molar-refractivity contribution in [2.75, 3.05) is 5.32 Å². The van der Waals surface area contributed by atoms with E-state index >= 15 is 0 Å². The van der Waals surface area contributed by atoms with Gasteiger partial charge >= 0.3 is 6.03 Å². The number of ether oxygens (including phenoxy) is 1. The first kappa shape index (κ1) is 20.4. The Morgan fingerprint density at radius 1 is 0.967 bits per heavy atom. The molecule has 3 aromatic rings. The van der Waals surface area contributed by atoms with Crippen LogP contribution >= 0.6 is 0 Å². The number of rotatable bonds is 7. The molecule has 0 radical (unpaired) electrons. The van der Waals surface area contributed by atoms with Crippen LogP contribution in [0.2, 0.25) is 0 Å². The van der Waals surface area contributed by atoms with Crippen LogP contribution in [-0.2, 0) is 4.79 Å². The molecular weight excluding hydrogens is 380 g/mol. The van der Waals surface area contributed by atoms with Gasteiger partial charge in [-0.05, 0) is 48.0 Å². The molecule has 0 fully saturated rings. The third kappa shape index (κ3) is 5.84. The van der Waals surface area contributed by atoms with Crippen LogP contribution in [0.3, 0.4) is 0 Å². The molecule has 7 nitrogen and oxygen atoms in total. The van der Waals surface area contributed by atoms with E-state index in [2.05, 4.69) is 10.6 Å². The van der Waals surface area contributed by atoms with Gasteiger partial charge in [-0.2, -0.15) is 5.26 Å². The van der Waals surface area contributed by atoms with Gasteiger partial charge in [0.2, 0.25) is 5.91 Å². The predicted molar refractivity (Wildman–Crippen MR) is 113 cm³/mol. The van der Waals surface area contributed by atoms with Gasteiger partial charge in [-0.3, -0.25) is 4.79 Å². The molecule has 0 bridgehead atoms. The molecule has 0 heterocycles. The van der Waals surface area contributed by atoms with Gasteiger partial charge in [-0.1, -0.05) is 36.4 Å². The Morgan fingerprint density at radius 2 is 1.70 bits per heavy atom. The number of hydrogen-bond acceptors (Lipinski definition) is 4. The molecular formula is C23H20N4O3. The number of nitrogens with one attached hydrogen (secondary N) is 2. The topological polar surface area (TPSA) is 117 Å². The third-order valence-corrected chi connectivity index (χ3v) is 4.22. The van der Waals surface area contributed by atoms with Crippen LogP contribution in [0.1, 0.15) is 23.6 Å². The maximum atomic E-state index is 12.5. The normalized spacial score (nSPS) is 11.0. The minimum absolute atomic E-state index is 0.0471. The van der Waals surface area contributed by atoms with E-state index in [1.54, 1.807) is 48.5 Å². The first-order chi connectivity index (χ1) is 14.5. The number of carbonyl (C=O) groups is 2. The summed E-state index contributed by atoms with van der Waals surface area (Å²) in [6.45, 7) is 0. The maximum absolute atomic E-state index is 12.5. The summed E-state index contributed by atoms with van der Waals surface area (Å²) in [5.41, 5.74) is 6.91. The van der Waals surface area contributed by atoms with E-state index in [4.69, 9.17) is 15.7 Å². The van der Waals surface area contributed by atoms with E-state index in [0.29, 0.717) is 28.3 Å². The zero-order valence-corrected chi connectivity index (χ0v) is 16.0. The Labute approximate surface area is 174 Å². The Bertz CT molecular complexity index is 1080. The number of para-hydroxylation sites is 1. The van der Waals surface area contributed by atoms with Crippen LogP contribution in [-0.4, -0.2) is 11.9 Å². The van der Waals surface area contributed by atoms with E-state index < -0.39 is 12.1 Å². The lowest BCUT2D eigenvalue weighted by molar-refractivity contribution is -0.116. The Hall–Kier alpha value is -4.31. The maximum Gasteiger partial charge on any atom is 0.312 e. The lowest BCUT2D eigenvalue weighted by atomic mass is 10.0. The summed E-state index contributed by atoms with van der Waals surface area (Å²) < 4.78 is 5.83. The molecule has 3 aromatic carbocycles. The smallest absolute Gasteiger partial charge is 0.312 e. The summed E-state index contributed by atoms with van der Waals surface area (Å²) in [5, 5.41) is 14.3. The number of urea groups is 1. The second kappa shape index (κ2) is 9.75. The van der Waals surface area contributed by atoms with E-state index in [-0.39, 0.29) is 12.3 Å². The molecule has 30 heavy (non-hydrogen) atoms.